The summed E-state index contributed by atoms with van der Waals surface area (Å²) >= 11 is 0. The number of H-pyrrole nitrogens is 1. The topological polar surface area (TPSA) is 100 Å². The normalized spacial score (nSPS) is 12.6. The van der Waals surface area contributed by atoms with Crippen LogP contribution in [0.3, 0.4) is 0 Å². The van der Waals surface area contributed by atoms with Crippen LogP contribution >= 0.6 is 0 Å². The monoisotopic (exact) mass is 699 g/mol. The number of benzene rings is 4. The zero-order valence-electron chi connectivity index (χ0n) is 31.0. The van der Waals surface area contributed by atoms with E-state index >= 15 is 0 Å². The summed E-state index contributed by atoms with van der Waals surface area (Å²) in [5.74, 6) is -1.66. The first-order chi connectivity index (χ1) is 25.1. The third-order valence-electron chi connectivity index (χ3n) is 9.29. The fourth-order valence-corrected chi connectivity index (χ4v) is 6.60. The zero-order valence-corrected chi connectivity index (χ0v) is 31.0. The largest absolute Gasteiger partial charge is 0.460 e. The van der Waals surface area contributed by atoms with E-state index in [1.807, 2.05) is 81.6 Å². The molecule has 2 atom stereocenters. The Morgan fingerprint density at radius 3 is 2.00 bits per heavy atom. The summed E-state index contributed by atoms with van der Waals surface area (Å²) in [6.07, 6.45) is 6.95. The van der Waals surface area contributed by atoms with E-state index < -0.39 is 23.5 Å². The minimum absolute atomic E-state index is 0.0640. The van der Waals surface area contributed by atoms with Gasteiger partial charge in [0.05, 0.1) is 6.42 Å². The maximum Gasteiger partial charge on any atom is 0.307 e. The minimum Gasteiger partial charge on any atom is -0.460 e. The number of esters is 1. The lowest BCUT2D eigenvalue weighted by atomic mass is 9.94. The Balaban J connectivity index is 1.27. The Morgan fingerprint density at radius 1 is 0.731 bits per heavy atom. The number of aromatic nitrogens is 1. The number of aromatic amines is 1. The second-order valence-corrected chi connectivity index (χ2v) is 14.7. The lowest BCUT2D eigenvalue weighted by molar-refractivity contribution is -0.157. The van der Waals surface area contributed by atoms with Crippen LogP contribution in [0.2, 0.25) is 0 Å². The Morgan fingerprint density at radius 2 is 1.35 bits per heavy atom. The molecular formula is C45H53N3O4. The van der Waals surface area contributed by atoms with Gasteiger partial charge in [0, 0.05) is 36.0 Å². The summed E-state index contributed by atoms with van der Waals surface area (Å²) in [5.41, 5.74) is 7.21. The molecule has 52 heavy (non-hydrogen) atoms. The molecule has 7 nitrogen and oxygen atoms in total. The molecule has 5 rings (SSSR count). The van der Waals surface area contributed by atoms with Crippen molar-refractivity contribution >= 4 is 28.7 Å². The van der Waals surface area contributed by atoms with Crippen LogP contribution in [0, 0.1) is 5.92 Å². The molecule has 0 saturated heterocycles. The number of rotatable bonds is 17. The molecule has 1 heterocycles. The van der Waals surface area contributed by atoms with Gasteiger partial charge in [-0.3, -0.25) is 14.4 Å². The van der Waals surface area contributed by atoms with E-state index in [0.29, 0.717) is 32.2 Å². The van der Waals surface area contributed by atoms with E-state index in [-0.39, 0.29) is 18.2 Å². The van der Waals surface area contributed by atoms with Crippen molar-refractivity contribution in [2.75, 3.05) is 6.54 Å². The average molecular weight is 700 g/mol. The zero-order chi connectivity index (χ0) is 36.9. The fourth-order valence-electron chi connectivity index (χ4n) is 6.60. The highest BCUT2D eigenvalue weighted by Crippen LogP contribution is 2.24. The number of carbonyl (C=O) groups is 3. The van der Waals surface area contributed by atoms with Gasteiger partial charge in [0.25, 0.3) is 0 Å². The number of amides is 2. The highest BCUT2D eigenvalue weighted by Gasteiger charge is 2.29. The van der Waals surface area contributed by atoms with Crippen LogP contribution < -0.4 is 10.6 Å². The Kier molecular flexibility index (Phi) is 13.4. The summed E-state index contributed by atoms with van der Waals surface area (Å²) < 4.78 is 5.64. The summed E-state index contributed by atoms with van der Waals surface area (Å²) in [7, 11) is 0. The number of carbonyl (C=O) groups excluding carboxylic acids is 3. The minimum atomic E-state index is -0.827. The van der Waals surface area contributed by atoms with E-state index in [0.717, 1.165) is 52.4 Å². The van der Waals surface area contributed by atoms with Gasteiger partial charge in [-0.2, -0.15) is 0 Å². The number of aryl methyl sites for hydroxylation is 2. The first kappa shape index (κ1) is 38.1. The molecule has 0 aliphatic rings. The number of hydrogen-bond donors (Lipinski definition) is 3. The molecule has 0 fully saturated rings. The van der Waals surface area contributed by atoms with Gasteiger partial charge in [-0.1, -0.05) is 110 Å². The molecule has 0 spiro atoms. The predicted octanol–water partition coefficient (Wildman–Crippen LogP) is 8.54. The number of hydrogen-bond acceptors (Lipinski definition) is 4. The number of para-hydroxylation sites is 1. The summed E-state index contributed by atoms with van der Waals surface area (Å²) in [5, 5.41) is 7.10. The second-order valence-electron chi connectivity index (χ2n) is 14.7. The van der Waals surface area contributed by atoms with Crippen LogP contribution in [0.1, 0.15) is 75.6 Å². The van der Waals surface area contributed by atoms with Gasteiger partial charge >= 0.3 is 5.97 Å². The summed E-state index contributed by atoms with van der Waals surface area (Å²) in [6, 6.07) is 34.4. The molecule has 1 aromatic heterocycles. The molecule has 0 aliphatic carbocycles. The van der Waals surface area contributed by atoms with E-state index in [1.54, 1.807) is 0 Å². The quantitative estimate of drug-likeness (QED) is 0.0848. The van der Waals surface area contributed by atoms with E-state index in [2.05, 4.69) is 71.1 Å². The molecule has 7 heteroatoms. The molecule has 5 aromatic rings. The van der Waals surface area contributed by atoms with Crippen molar-refractivity contribution in [1.82, 2.24) is 15.6 Å². The molecule has 3 N–H and O–H groups in total. The van der Waals surface area contributed by atoms with Crippen molar-refractivity contribution in [3.63, 3.8) is 0 Å². The molecule has 2 amide bonds. The van der Waals surface area contributed by atoms with Crippen LogP contribution in [0.5, 0.6) is 0 Å². The van der Waals surface area contributed by atoms with Crippen LogP contribution in [-0.2, 0) is 44.8 Å². The van der Waals surface area contributed by atoms with Crippen molar-refractivity contribution in [1.29, 1.82) is 0 Å². The second kappa shape index (κ2) is 18.4. The standard InChI is InChI=1S/C45H53N3O4/c1-5-12-32-19-23-35(24-20-32)36-25-21-34(22-26-36)15-11-16-37(30-42(49)52-45(2,3)4)43(50)48-41(29-38-31-47-40-18-10-9-17-39(38)40)44(51)46-28-27-33-13-7-6-8-14-33/h6-10,13-14,17-26,31,37,41,47H,5,11-12,15-16,27-30H2,1-4H3,(H,46,51)(H,48,50)/t37-,41+/m1/s1. The first-order valence-electron chi connectivity index (χ1n) is 18.6. The van der Waals surface area contributed by atoms with Gasteiger partial charge in [-0.05, 0) is 92.3 Å². The number of nitrogens with one attached hydrogen (secondary N) is 3. The Labute approximate surface area is 308 Å². The highest BCUT2D eigenvalue weighted by atomic mass is 16.6. The number of fused-ring (bicyclic) bond motifs is 1. The molecule has 0 radical (unpaired) electrons. The summed E-state index contributed by atoms with van der Waals surface area (Å²) in [6.45, 7) is 8.09. The molecule has 0 bridgehead atoms. The SMILES string of the molecule is CCCc1ccc(-c2ccc(CCC[C@H](CC(=O)OC(C)(C)C)C(=O)N[C@@H](Cc3c[nH]c4ccccc34)C(=O)NCCc3ccccc3)cc2)cc1. The van der Waals surface area contributed by atoms with Gasteiger partial charge in [-0.25, -0.2) is 0 Å². The van der Waals surface area contributed by atoms with Gasteiger partial charge in [0.2, 0.25) is 11.8 Å². The number of ether oxygens (including phenoxy) is 1. The van der Waals surface area contributed by atoms with Crippen molar-refractivity contribution in [2.24, 2.45) is 5.92 Å². The fraction of sp³-hybridized carbons (Fsp3) is 0.356. The maximum atomic E-state index is 14.0. The lowest BCUT2D eigenvalue weighted by Crippen LogP contribution is -2.50. The molecule has 0 saturated carbocycles. The third-order valence-corrected chi connectivity index (χ3v) is 9.29. The van der Waals surface area contributed by atoms with Crippen molar-refractivity contribution in [3.8, 4) is 11.1 Å². The molecule has 272 valence electrons. The van der Waals surface area contributed by atoms with Crippen LogP contribution in [-0.4, -0.2) is 41.0 Å². The van der Waals surface area contributed by atoms with Crippen LogP contribution in [0.25, 0.3) is 22.0 Å². The van der Waals surface area contributed by atoms with Crippen LogP contribution in [0.4, 0.5) is 0 Å². The molecular weight excluding hydrogens is 647 g/mol. The van der Waals surface area contributed by atoms with Crippen molar-refractivity contribution in [3.05, 3.63) is 132 Å². The van der Waals surface area contributed by atoms with E-state index in [4.69, 9.17) is 4.74 Å². The van der Waals surface area contributed by atoms with Crippen molar-refractivity contribution < 1.29 is 19.1 Å². The van der Waals surface area contributed by atoms with E-state index in [1.165, 1.54) is 11.1 Å². The van der Waals surface area contributed by atoms with Gasteiger partial charge < -0.3 is 20.4 Å². The summed E-state index contributed by atoms with van der Waals surface area (Å²) in [4.78, 5) is 44.1. The lowest BCUT2D eigenvalue weighted by Gasteiger charge is -2.24. The predicted molar refractivity (Wildman–Crippen MR) is 210 cm³/mol. The third kappa shape index (κ3) is 11.4. The Bertz CT molecular complexity index is 1890. The first-order valence-corrected chi connectivity index (χ1v) is 18.6. The van der Waals surface area contributed by atoms with Crippen molar-refractivity contribution in [2.45, 2.75) is 90.7 Å². The Hall–Kier alpha value is -5.17. The van der Waals surface area contributed by atoms with Gasteiger partial charge in [0.15, 0.2) is 0 Å². The molecule has 0 unspecified atom stereocenters. The highest BCUT2D eigenvalue weighted by molar-refractivity contribution is 5.91. The van der Waals surface area contributed by atoms with Gasteiger partial charge in [0.1, 0.15) is 11.6 Å². The average Bonchev–Trinajstić information content (AvgIpc) is 3.54. The maximum absolute atomic E-state index is 14.0. The van der Waals surface area contributed by atoms with Gasteiger partial charge in [-0.15, -0.1) is 0 Å². The van der Waals surface area contributed by atoms with Crippen LogP contribution in [0.15, 0.2) is 109 Å². The van der Waals surface area contributed by atoms with E-state index in [9.17, 15) is 14.4 Å². The molecule has 4 aromatic carbocycles. The smallest absolute Gasteiger partial charge is 0.307 e. The molecule has 0 aliphatic heterocycles.